The van der Waals surface area contributed by atoms with Gasteiger partial charge in [0.15, 0.2) is 15.5 Å². The Hall–Kier alpha value is -2.76. The van der Waals surface area contributed by atoms with Crippen molar-refractivity contribution in [2.45, 2.75) is 36.8 Å². The fraction of sp³-hybridized carbons (Fsp3) is 0.318. The van der Waals surface area contributed by atoms with Crippen LogP contribution in [0.2, 0.25) is 5.02 Å². The molecule has 1 aromatic carbocycles. The molecule has 1 atom stereocenters. The summed E-state index contributed by atoms with van der Waals surface area (Å²) in [5, 5.41) is -0.663. The number of benzene rings is 1. The lowest BCUT2D eigenvalue weighted by Gasteiger charge is -2.27. The minimum Gasteiger partial charge on any atom is -0.467 e. The van der Waals surface area contributed by atoms with E-state index in [9.17, 15) is 21.6 Å². The van der Waals surface area contributed by atoms with E-state index in [1.165, 1.54) is 11.2 Å². The van der Waals surface area contributed by atoms with E-state index in [1.807, 2.05) is 13.0 Å². The summed E-state index contributed by atoms with van der Waals surface area (Å²) < 4.78 is 55.4. The lowest BCUT2D eigenvalue weighted by molar-refractivity contribution is 0.0659. The molecular weight excluding hydrogens is 502 g/mol. The summed E-state index contributed by atoms with van der Waals surface area (Å²) in [4.78, 5) is 22.7. The van der Waals surface area contributed by atoms with Gasteiger partial charge in [-0.15, -0.1) is 0 Å². The third-order valence-corrected chi connectivity index (χ3v) is 8.95. The van der Waals surface area contributed by atoms with E-state index in [0.717, 1.165) is 11.8 Å². The highest BCUT2D eigenvalue weighted by molar-refractivity contribution is 7.91. The zero-order valence-corrected chi connectivity index (χ0v) is 20.6. The Labute approximate surface area is 202 Å². The summed E-state index contributed by atoms with van der Waals surface area (Å²) in [5.74, 6) is -0.859. The number of hydrogen-bond donors (Lipinski definition) is 0. The molecule has 34 heavy (non-hydrogen) atoms. The molecular formula is C22H22ClN3O6S2. The van der Waals surface area contributed by atoms with Crippen LogP contribution in [0.3, 0.4) is 0 Å². The van der Waals surface area contributed by atoms with E-state index in [-0.39, 0.29) is 40.9 Å². The Bertz CT molecular complexity index is 1420. The first-order valence-corrected chi connectivity index (χ1v) is 14.2. The van der Waals surface area contributed by atoms with E-state index in [4.69, 9.17) is 16.0 Å². The van der Waals surface area contributed by atoms with E-state index in [1.54, 1.807) is 30.3 Å². The Morgan fingerprint density at radius 3 is 2.71 bits per heavy atom. The number of halogens is 1. The topological polar surface area (TPSA) is 128 Å². The van der Waals surface area contributed by atoms with E-state index < -0.39 is 36.8 Å². The summed E-state index contributed by atoms with van der Waals surface area (Å²) in [5.41, 5.74) is 1.15. The predicted molar refractivity (Wildman–Crippen MR) is 125 cm³/mol. The fourth-order valence-electron chi connectivity index (χ4n) is 3.83. The molecule has 0 aliphatic carbocycles. The molecule has 0 bridgehead atoms. The number of nitrogens with zero attached hydrogens (tertiary/aromatic N) is 3. The van der Waals surface area contributed by atoms with Gasteiger partial charge in [-0.2, -0.15) is 0 Å². The molecule has 3 aromatic rings. The summed E-state index contributed by atoms with van der Waals surface area (Å²) >= 11 is 6.20. The zero-order valence-electron chi connectivity index (χ0n) is 18.2. The zero-order chi connectivity index (χ0) is 24.5. The molecule has 4 rings (SSSR count). The smallest absolute Gasteiger partial charge is 0.274 e. The quantitative estimate of drug-likeness (QED) is 0.432. The highest BCUT2D eigenvalue weighted by Gasteiger charge is 2.37. The first-order chi connectivity index (χ1) is 16.0. The van der Waals surface area contributed by atoms with Crippen molar-refractivity contribution in [3.63, 3.8) is 0 Å². The second-order valence-electron chi connectivity index (χ2n) is 8.17. The average Bonchev–Trinajstić information content (AvgIpc) is 3.40. The molecule has 0 spiro atoms. The van der Waals surface area contributed by atoms with E-state index in [0.29, 0.717) is 11.3 Å². The third-order valence-electron chi connectivity index (χ3n) is 5.46. The lowest BCUT2D eigenvalue weighted by atomic mass is 10.2. The Morgan fingerprint density at radius 2 is 2.06 bits per heavy atom. The second kappa shape index (κ2) is 9.47. The van der Waals surface area contributed by atoms with Crippen molar-refractivity contribution in [3.8, 4) is 0 Å². The van der Waals surface area contributed by atoms with Gasteiger partial charge in [0.25, 0.3) is 5.91 Å². The van der Waals surface area contributed by atoms with Crippen molar-refractivity contribution in [3.05, 3.63) is 76.5 Å². The Kier molecular flexibility index (Phi) is 6.79. The molecule has 3 heterocycles. The van der Waals surface area contributed by atoms with Crippen LogP contribution in [0.4, 0.5) is 0 Å². The molecule has 2 aromatic heterocycles. The van der Waals surface area contributed by atoms with Crippen LogP contribution in [0.1, 0.15) is 33.8 Å². The van der Waals surface area contributed by atoms with Crippen LogP contribution in [0.25, 0.3) is 0 Å². The van der Waals surface area contributed by atoms with Crippen molar-refractivity contribution in [2.24, 2.45) is 0 Å². The van der Waals surface area contributed by atoms with E-state index in [2.05, 4.69) is 9.97 Å². The van der Waals surface area contributed by atoms with Crippen LogP contribution < -0.4 is 0 Å². The van der Waals surface area contributed by atoms with Gasteiger partial charge < -0.3 is 9.32 Å². The van der Waals surface area contributed by atoms with Crippen LogP contribution in [-0.4, -0.2) is 55.2 Å². The van der Waals surface area contributed by atoms with Gasteiger partial charge >= 0.3 is 0 Å². The SMILES string of the molecule is Cc1cccc(CS(=O)(=O)c2ncc(Cl)c(C(=O)N(Cc3ccco3)C3CCS(=O)(=O)C3)n2)c1. The van der Waals surface area contributed by atoms with Crippen molar-refractivity contribution in [1.29, 1.82) is 0 Å². The fourth-order valence-corrected chi connectivity index (χ4v) is 6.92. The largest absolute Gasteiger partial charge is 0.467 e. The van der Waals surface area contributed by atoms with Crippen LogP contribution in [-0.2, 0) is 32.0 Å². The van der Waals surface area contributed by atoms with Gasteiger partial charge in [-0.05, 0) is 31.0 Å². The Balaban J connectivity index is 1.67. The minimum atomic E-state index is -3.98. The molecule has 0 saturated carbocycles. The minimum absolute atomic E-state index is 0.0161. The molecule has 0 N–H and O–H groups in total. The van der Waals surface area contributed by atoms with Gasteiger partial charge in [-0.3, -0.25) is 4.79 Å². The van der Waals surface area contributed by atoms with Crippen LogP contribution >= 0.6 is 11.6 Å². The monoisotopic (exact) mass is 523 g/mol. The molecule has 1 amide bonds. The number of aromatic nitrogens is 2. The standard InChI is InChI=1S/C22H22ClN3O6S2/c1-15-4-2-5-16(10-15)13-34(30,31)22-24-11-19(23)20(25-22)21(27)26(12-18-6-3-8-32-18)17-7-9-33(28,29)14-17/h2-6,8,10-11,17H,7,9,12-14H2,1H3. The van der Waals surface area contributed by atoms with Gasteiger partial charge in [0.1, 0.15) is 5.76 Å². The van der Waals surface area contributed by atoms with Crippen molar-refractivity contribution < 1.29 is 26.0 Å². The van der Waals surface area contributed by atoms with Gasteiger partial charge in [0.05, 0.1) is 41.3 Å². The van der Waals surface area contributed by atoms with Gasteiger partial charge in [0.2, 0.25) is 15.0 Å². The number of carbonyl (C=O) groups excluding carboxylic acids is 1. The van der Waals surface area contributed by atoms with Crippen molar-refractivity contribution >= 4 is 37.2 Å². The van der Waals surface area contributed by atoms with Crippen LogP contribution in [0.15, 0.2) is 58.4 Å². The normalized spacial score (nSPS) is 17.5. The molecule has 1 saturated heterocycles. The second-order valence-corrected chi connectivity index (χ2v) is 12.7. The van der Waals surface area contributed by atoms with Crippen molar-refractivity contribution in [2.75, 3.05) is 11.5 Å². The highest BCUT2D eigenvalue weighted by Crippen LogP contribution is 2.25. The third kappa shape index (κ3) is 5.48. The van der Waals surface area contributed by atoms with Gasteiger partial charge in [-0.25, -0.2) is 26.8 Å². The van der Waals surface area contributed by atoms with Crippen LogP contribution in [0, 0.1) is 6.92 Å². The van der Waals surface area contributed by atoms with Gasteiger partial charge in [0, 0.05) is 6.04 Å². The molecule has 1 aliphatic rings. The molecule has 12 heteroatoms. The number of hydrogen-bond acceptors (Lipinski definition) is 8. The van der Waals surface area contributed by atoms with Gasteiger partial charge in [-0.1, -0.05) is 41.4 Å². The number of aryl methyl sites for hydroxylation is 1. The molecule has 1 fully saturated rings. The molecule has 1 aliphatic heterocycles. The summed E-state index contributed by atoms with van der Waals surface area (Å²) in [6.07, 6.45) is 2.76. The maximum absolute atomic E-state index is 13.5. The molecule has 1 unspecified atom stereocenters. The maximum atomic E-state index is 13.5. The van der Waals surface area contributed by atoms with Crippen molar-refractivity contribution in [1.82, 2.24) is 14.9 Å². The summed E-state index contributed by atoms with van der Waals surface area (Å²) in [7, 11) is -7.28. The molecule has 9 nitrogen and oxygen atoms in total. The lowest BCUT2D eigenvalue weighted by Crippen LogP contribution is -2.41. The first-order valence-electron chi connectivity index (χ1n) is 10.4. The maximum Gasteiger partial charge on any atom is 0.274 e. The average molecular weight is 524 g/mol. The number of sulfone groups is 2. The molecule has 0 radical (unpaired) electrons. The van der Waals surface area contributed by atoms with Crippen LogP contribution in [0.5, 0.6) is 0 Å². The molecule has 180 valence electrons. The predicted octanol–water partition coefficient (Wildman–Crippen LogP) is 2.83. The number of amides is 1. The van der Waals surface area contributed by atoms with E-state index >= 15 is 0 Å². The highest BCUT2D eigenvalue weighted by atomic mass is 35.5. The first kappa shape index (κ1) is 24.4. The summed E-state index contributed by atoms with van der Waals surface area (Å²) in [6.45, 7) is 1.83. The number of carbonyl (C=O) groups is 1. The Morgan fingerprint density at radius 1 is 1.26 bits per heavy atom. The number of rotatable bonds is 7. The number of furan rings is 1. The summed E-state index contributed by atoms with van der Waals surface area (Å²) in [6, 6.07) is 9.70.